The normalized spacial score (nSPS) is 16.4. The summed E-state index contributed by atoms with van der Waals surface area (Å²) in [6.07, 6.45) is 5.25. The van der Waals surface area contributed by atoms with Crippen LogP contribution in [0.4, 0.5) is 0 Å². The predicted octanol–water partition coefficient (Wildman–Crippen LogP) is 3.75. The van der Waals surface area contributed by atoms with Gasteiger partial charge in [-0.1, -0.05) is 35.9 Å². The van der Waals surface area contributed by atoms with Gasteiger partial charge in [-0.3, -0.25) is 9.78 Å². The third-order valence-corrected chi connectivity index (χ3v) is 4.90. The van der Waals surface area contributed by atoms with E-state index >= 15 is 0 Å². The lowest BCUT2D eigenvalue weighted by Gasteiger charge is -2.35. The van der Waals surface area contributed by atoms with Crippen molar-refractivity contribution >= 4 is 5.91 Å². The van der Waals surface area contributed by atoms with E-state index < -0.39 is 0 Å². The van der Waals surface area contributed by atoms with Crippen molar-refractivity contribution in [3.8, 4) is 0 Å². The van der Waals surface area contributed by atoms with Crippen LogP contribution in [-0.2, 0) is 9.53 Å². The van der Waals surface area contributed by atoms with Crippen LogP contribution in [0.5, 0.6) is 0 Å². The quantitative estimate of drug-likeness (QED) is 0.834. The molecule has 0 bridgehead atoms. The second kappa shape index (κ2) is 8.26. The van der Waals surface area contributed by atoms with Crippen LogP contribution in [0.15, 0.2) is 48.8 Å². The number of hydrogen-bond donors (Lipinski definition) is 0. The average Bonchev–Trinajstić information content (AvgIpc) is 2.68. The van der Waals surface area contributed by atoms with Crippen LogP contribution in [0.2, 0.25) is 0 Å². The van der Waals surface area contributed by atoms with Crippen LogP contribution in [0.1, 0.15) is 42.5 Å². The molecule has 0 unspecified atom stereocenters. The standard InChI is InChI=1S/C21H26N2O2/c1-3-23(21(24)18-10-13-25-14-11-18)20(19-5-4-12-22-15-19)17-8-6-16(2)7-9-17/h4-9,12,15,18,20H,3,10-11,13-14H2,1-2H3/t20-/m0/s1. The fourth-order valence-electron chi connectivity index (χ4n) is 3.48. The van der Waals surface area contributed by atoms with Crippen molar-refractivity contribution in [2.24, 2.45) is 5.92 Å². The lowest BCUT2D eigenvalue weighted by molar-refractivity contribution is -0.140. The second-order valence-corrected chi connectivity index (χ2v) is 6.61. The molecule has 4 heteroatoms. The first kappa shape index (κ1) is 17.6. The number of aromatic nitrogens is 1. The number of nitrogens with zero attached hydrogens (tertiary/aromatic N) is 2. The maximum absolute atomic E-state index is 13.2. The Morgan fingerprint density at radius 2 is 1.92 bits per heavy atom. The van der Waals surface area contributed by atoms with E-state index in [1.165, 1.54) is 5.56 Å². The molecular weight excluding hydrogens is 312 g/mol. The zero-order chi connectivity index (χ0) is 17.6. The van der Waals surface area contributed by atoms with Crippen LogP contribution in [0.25, 0.3) is 0 Å². The molecule has 0 N–H and O–H groups in total. The van der Waals surface area contributed by atoms with Gasteiger partial charge in [-0.25, -0.2) is 0 Å². The van der Waals surface area contributed by atoms with Crippen LogP contribution >= 0.6 is 0 Å². The summed E-state index contributed by atoms with van der Waals surface area (Å²) in [5.41, 5.74) is 3.39. The SMILES string of the molecule is CCN(C(=O)C1CCOCC1)[C@@H](c1ccc(C)cc1)c1cccnc1. The Balaban J connectivity index is 1.96. The highest BCUT2D eigenvalue weighted by molar-refractivity contribution is 5.80. The number of amides is 1. The lowest BCUT2D eigenvalue weighted by atomic mass is 9.93. The topological polar surface area (TPSA) is 42.4 Å². The minimum Gasteiger partial charge on any atom is -0.381 e. The molecule has 2 heterocycles. The Labute approximate surface area is 149 Å². The summed E-state index contributed by atoms with van der Waals surface area (Å²) in [5.74, 6) is 0.276. The molecule has 4 nitrogen and oxygen atoms in total. The summed E-state index contributed by atoms with van der Waals surface area (Å²) in [4.78, 5) is 19.5. The van der Waals surface area contributed by atoms with E-state index in [0.717, 1.165) is 24.0 Å². The van der Waals surface area contributed by atoms with Crippen molar-refractivity contribution in [2.45, 2.75) is 32.7 Å². The van der Waals surface area contributed by atoms with E-state index in [4.69, 9.17) is 4.74 Å². The van der Waals surface area contributed by atoms with E-state index in [1.807, 2.05) is 17.2 Å². The first-order chi connectivity index (χ1) is 12.2. The molecular formula is C21H26N2O2. The van der Waals surface area contributed by atoms with E-state index in [1.54, 1.807) is 6.20 Å². The fraction of sp³-hybridized carbons (Fsp3) is 0.429. The van der Waals surface area contributed by atoms with Gasteiger partial charge < -0.3 is 9.64 Å². The monoisotopic (exact) mass is 338 g/mol. The third kappa shape index (κ3) is 4.07. The first-order valence-corrected chi connectivity index (χ1v) is 9.05. The first-order valence-electron chi connectivity index (χ1n) is 9.05. The number of pyridine rings is 1. The molecule has 3 rings (SSSR count). The van der Waals surface area contributed by atoms with Gasteiger partial charge in [-0.2, -0.15) is 0 Å². The van der Waals surface area contributed by atoms with Crippen LogP contribution < -0.4 is 0 Å². The summed E-state index contributed by atoms with van der Waals surface area (Å²) in [7, 11) is 0. The van der Waals surface area contributed by atoms with Gasteiger partial charge in [0.05, 0.1) is 6.04 Å². The predicted molar refractivity (Wildman–Crippen MR) is 98.2 cm³/mol. The van der Waals surface area contributed by atoms with Crippen molar-refractivity contribution in [3.63, 3.8) is 0 Å². The zero-order valence-corrected chi connectivity index (χ0v) is 15.0. The Hall–Kier alpha value is -2.20. The van der Waals surface area contributed by atoms with E-state index in [-0.39, 0.29) is 17.9 Å². The molecule has 1 amide bonds. The van der Waals surface area contributed by atoms with Crippen LogP contribution in [-0.4, -0.2) is 35.5 Å². The van der Waals surface area contributed by atoms with Crippen molar-refractivity contribution in [3.05, 3.63) is 65.5 Å². The minimum atomic E-state index is -0.102. The van der Waals surface area contributed by atoms with Gasteiger partial charge in [0.1, 0.15) is 0 Å². The van der Waals surface area contributed by atoms with E-state index in [9.17, 15) is 4.79 Å². The number of carbonyl (C=O) groups excluding carboxylic acids is 1. The molecule has 0 saturated carbocycles. The molecule has 25 heavy (non-hydrogen) atoms. The van der Waals surface area contributed by atoms with Crippen molar-refractivity contribution in [2.75, 3.05) is 19.8 Å². The van der Waals surface area contributed by atoms with Crippen molar-refractivity contribution in [1.82, 2.24) is 9.88 Å². The molecule has 1 aromatic heterocycles. The number of hydrogen-bond acceptors (Lipinski definition) is 3. The Kier molecular flexibility index (Phi) is 5.82. The second-order valence-electron chi connectivity index (χ2n) is 6.61. The number of ether oxygens (including phenoxy) is 1. The van der Waals surface area contributed by atoms with Gasteiger partial charge in [0.15, 0.2) is 0 Å². The highest BCUT2D eigenvalue weighted by Gasteiger charge is 2.31. The number of aryl methyl sites for hydroxylation is 1. The molecule has 1 atom stereocenters. The van der Waals surface area contributed by atoms with Crippen molar-refractivity contribution in [1.29, 1.82) is 0 Å². The molecule has 0 spiro atoms. The van der Waals surface area contributed by atoms with Gasteiger partial charge in [0, 0.05) is 38.1 Å². The largest absolute Gasteiger partial charge is 0.381 e. The molecule has 1 aromatic carbocycles. The molecule has 0 radical (unpaired) electrons. The van der Waals surface area contributed by atoms with Crippen LogP contribution in [0.3, 0.4) is 0 Å². The minimum absolute atomic E-state index is 0.0540. The summed E-state index contributed by atoms with van der Waals surface area (Å²) in [6.45, 7) is 6.15. The summed E-state index contributed by atoms with van der Waals surface area (Å²) in [5, 5.41) is 0. The fourth-order valence-corrected chi connectivity index (χ4v) is 3.48. The number of benzene rings is 1. The molecule has 132 valence electrons. The maximum atomic E-state index is 13.2. The highest BCUT2D eigenvalue weighted by Crippen LogP contribution is 2.31. The summed E-state index contributed by atoms with van der Waals surface area (Å²) < 4.78 is 5.43. The van der Waals surface area contributed by atoms with Crippen molar-refractivity contribution < 1.29 is 9.53 Å². The zero-order valence-electron chi connectivity index (χ0n) is 15.0. The lowest BCUT2D eigenvalue weighted by Crippen LogP contribution is -2.41. The average molecular weight is 338 g/mol. The Morgan fingerprint density at radius 1 is 1.20 bits per heavy atom. The van der Waals surface area contributed by atoms with Gasteiger partial charge in [-0.15, -0.1) is 0 Å². The van der Waals surface area contributed by atoms with Gasteiger partial charge >= 0.3 is 0 Å². The van der Waals surface area contributed by atoms with E-state index in [2.05, 4.69) is 49.2 Å². The molecule has 1 saturated heterocycles. The highest BCUT2D eigenvalue weighted by atomic mass is 16.5. The molecule has 1 aliphatic heterocycles. The smallest absolute Gasteiger partial charge is 0.226 e. The molecule has 1 aliphatic rings. The van der Waals surface area contributed by atoms with Gasteiger partial charge in [0.2, 0.25) is 5.91 Å². The summed E-state index contributed by atoms with van der Waals surface area (Å²) in [6, 6.07) is 12.3. The molecule has 1 fully saturated rings. The van der Waals surface area contributed by atoms with Crippen LogP contribution in [0, 0.1) is 12.8 Å². The molecule has 0 aliphatic carbocycles. The molecule has 2 aromatic rings. The number of carbonyl (C=O) groups is 1. The Morgan fingerprint density at radius 3 is 2.52 bits per heavy atom. The third-order valence-electron chi connectivity index (χ3n) is 4.90. The van der Waals surface area contributed by atoms with E-state index in [0.29, 0.717) is 19.8 Å². The maximum Gasteiger partial charge on any atom is 0.226 e. The van der Waals surface area contributed by atoms with Gasteiger partial charge in [0.25, 0.3) is 0 Å². The number of rotatable bonds is 5. The summed E-state index contributed by atoms with van der Waals surface area (Å²) >= 11 is 0. The Bertz CT molecular complexity index is 679. The van der Waals surface area contributed by atoms with Gasteiger partial charge in [-0.05, 0) is 43.9 Å².